The summed E-state index contributed by atoms with van der Waals surface area (Å²) in [5.74, 6) is 0.513. The van der Waals surface area contributed by atoms with Crippen molar-refractivity contribution in [3.63, 3.8) is 0 Å². The van der Waals surface area contributed by atoms with Crippen LogP contribution in [0.25, 0.3) is 10.9 Å². The van der Waals surface area contributed by atoms with Crippen molar-refractivity contribution in [1.82, 2.24) is 20.1 Å². The van der Waals surface area contributed by atoms with Gasteiger partial charge >= 0.3 is 0 Å². The summed E-state index contributed by atoms with van der Waals surface area (Å²) in [6, 6.07) is 21.6. The lowest BCUT2D eigenvalue weighted by Crippen LogP contribution is -2.27. The molecular formula is C23H23N5O. The van der Waals surface area contributed by atoms with Gasteiger partial charge in [-0.2, -0.15) is 0 Å². The van der Waals surface area contributed by atoms with Gasteiger partial charge in [-0.3, -0.25) is 4.79 Å². The normalized spacial score (nSPS) is 10.8. The molecule has 2 heterocycles. The Bertz CT molecular complexity index is 1090. The van der Waals surface area contributed by atoms with E-state index in [4.69, 9.17) is 0 Å². The third kappa shape index (κ3) is 4.43. The summed E-state index contributed by atoms with van der Waals surface area (Å²) in [5, 5.41) is 12.8. The molecule has 4 rings (SSSR count). The van der Waals surface area contributed by atoms with Gasteiger partial charge in [0.1, 0.15) is 5.82 Å². The minimum atomic E-state index is -0.147. The Kier molecular flexibility index (Phi) is 5.52. The number of nitrogens with zero attached hydrogens (tertiary/aromatic N) is 3. The molecule has 0 radical (unpaired) electrons. The molecular weight excluding hydrogens is 362 g/mol. The maximum atomic E-state index is 12.6. The van der Waals surface area contributed by atoms with Gasteiger partial charge in [-0.15, -0.1) is 10.2 Å². The number of benzene rings is 2. The number of H-pyrrole nitrogens is 1. The molecule has 29 heavy (non-hydrogen) atoms. The summed E-state index contributed by atoms with van der Waals surface area (Å²) >= 11 is 0. The highest BCUT2D eigenvalue weighted by atomic mass is 16.2. The summed E-state index contributed by atoms with van der Waals surface area (Å²) in [6.07, 6.45) is 2.91. The first kappa shape index (κ1) is 18.7. The number of amides is 1. The lowest BCUT2D eigenvalue weighted by Gasteiger charge is -2.16. The Balaban J connectivity index is 1.32. The number of anilines is 1. The van der Waals surface area contributed by atoms with E-state index in [-0.39, 0.29) is 5.91 Å². The van der Waals surface area contributed by atoms with E-state index in [1.165, 1.54) is 10.9 Å². The highest BCUT2D eigenvalue weighted by Gasteiger charge is 2.14. The van der Waals surface area contributed by atoms with Gasteiger partial charge in [-0.05, 0) is 35.7 Å². The van der Waals surface area contributed by atoms with Crippen molar-refractivity contribution in [3.05, 3.63) is 89.7 Å². The predicted molar refractivity (Wildman–Crippen MR) is 115 cm³/mol. The van der Waals surface area contributed by atoms with Gasteiger partial charge in [0.05, 0.1) is 0 Å². The Morgan fingerprint density at radius 3 is 2.59 bits per heavy atom. The zero-order valence-corrected chi connectivity index (χ0v) is 16.3. The number of hydrogen-bond donors (Lipinski definition) is 2. The van der Waals surface area contributed by atoms with Crippen molar-refractivity contribution in [2.75, 3.05) is 18.9 Å². The fraction of sp³-hybridized carbons (Fsp3) is 0.174. The maximum absolute atomic E-state index is 12.6. The average Bonchev–Trinajstić information content (AvgIpc) is 3.18. The predicted octanol–water partition coefficient (Wildman–Crippen LogP) is 3.88. The van der Waals surface area contributed by atoms with Gasteiger partial charge in [-0.1, -0.05) is 48.5 Å². The molecule has 0 spiro atoms. The number of rotatable bonds is 7. The number of aromatic amines is 1. The summed E-state index contributed by atoms with van der Waals surface area (Å²) in [4.78, 5) is 17.5. The van der Waals surface area contributed by atoms with Gasteiger partial charge in [0, 0.05) is 37.2 Å². The summed E-state index contributed by atoms with van der Waals surface area (Å²) in [5.41, 5.74) is 3.82. The van der Waals surface area contributed by atoms with Gasteiger partial charge < -0.3 is 15.2 Å². The Morgan fingerprint density at radius 2 is 1.79 bits per heavy atom. The van der Waals surface area contributed by atoms with Crippen LogP contribution >= 0.6 is 0 Å². The highest BCUT2D eigenvalue weighted by Crippen LogP contribution is 2.18. The van der Waals surface area contributed by atoms with Crippen LogP contribution in [0.5, 0.6) is 0 Å². The standard InChI is InChI=1S/C23H23N5O/c1-28(16-17-7-3-2-4-8-17)23(29)21-11-12-22(27-26-21)24-14-13-18-15-25-20-10-6-5-9-19(18)20/h2-12,15,25H,13-14,16H2,1H3,(H,24,27). The van der Waals surface area contributed by atoms with Gasteiger partial charge in [0.15, 0.2) is 5.69 Å². The molecule has 0 saturated heterocycles. The summed E-state index contributed by atoms with van der Waals surface area (Å²) in [7, 11) is 1.77. The van der Waals surface area contributed by atoms with Crippen LogP contribution in [0.4, 0.5) is 5.82 Å². The second-order valence-corrected chi connectivity index (χ2v) is 6.99. The van der Waals surface area contributed by atoms with Crippen LogP contribution in [0.1, 0.15) is 21.6 Å². The molecule has 0 aliphatic heterocycles. The molecule has 0 atom stereocenters. The number of carbonyl (C=O) groups is 1. The molecule has 146 valence electrons. The van der Waals surface area contributed by atoms with Crippen molar-refractivity contribution >= 4 is 22.6 Å². The fourth-order valence-corrected chi connectivity index (χ4v) is 3.33. The van der Waals surface area contributed by atoms with Crippen LogP contribution in [0.2, 0.25) is 0 Å². The van der Waals surface area contributed by atoms with Gasteiger partial charge in [0.25, 0.3) is 5.91 Å². The number of nitrogens with one attached hydrogen (secondary N) is 2. The molecule has 0 aliphatic carbocycles. The Hall–Kier alpha value is -3.67. The first-order valence-corrected chi connectivity index (χ1v) is 9.63. The molecule has 6 heteroatoms. The number of hydrogen-bond acceptors (Lipinski definition) is 4. The average molecular weight is 385 g/mol. The second-order valence-electron chi connectivity index (χ2n) is 6.99. The van der Waals surface area contributed by atoms with Gasteiger partial charge in [0.2, 0.25) is 0 Å². The van der Waals surface area contributed by atoms with Crippen LogP contribution in [0, 0.1) is 0 Å². The third-order valence-corrected chi connectivity index (χ3v) is 4.87. The van der Waals surface area contributed by atoms with Crippen LogP contribution in [0.3, 0.4) is 0 Å². The molecule has 2 aromatic carbocycles. The van der Waals surface area contributed by atoms with Crippen molar-refractivity contribution in [1.29, 1.82) is 0 Å². The summed E-state index contributed by atoms with van der Waals surface area (Å²) in [6.45, 7) is 1.27. The molecule has 0 unspecified atom stereocenters. The van der Waals surface area contributed by atoms with Crippen molar-refractivity contribution in [2.45, 2.75) is 13.0 Å². The first-order valence-electron chi connectivity index (χ1n) is 9.63. The van der Waals surface area contributed by atoms with E-state index in [1.807, 2.05) is 48.7 Å². The fourth-order valence-electron chi connectivity index (χ4n) is 3.33. The second kappa shape index (κ2) is 8.56. The van der Waals surface area contributed by atoms with Crippen molar-refractivity contribution in [3.8, 4) is 0 Å². The van der Waals surface area contributed by atoms with Crippen LogP contribution in [-0.2, 0) is 13.0 Å². The molecule has 1 amide bonds. The van der Waals surface area contributed by atoms with E-state index in [9.17, 15) is 4.79 Å². The minimum Gasteiger partial charge on any atom is -0.368 e. The molecule has 2 aromatic heterocycles. The van der Waals surface area contributed by atoms with Crippen LogP contribution in [-0.4, -0.2) is 39.6 Å². The van der Waals surface area contributed by atoms with E-state index in [0.29, 0.717) is 18.1 Å². The lowest BCUT2D eigenvalue weighted by molar-refractivity contribution is 0.0778. The van der Waals surface area contributed by atoms with Crippen molar-refractivity contribution in [2.24, 2.45) is 0 Å². The van der Waals surface area contributed by atoms with Crippen LogP contribution < -0.4 is 5.32 Å². The Morgan fingerprint density at radius 1 is 1.00 bits per heavy atom. The number of aromatic nitrogens is 3. The molecule has 0 aliphatic rings. The maximum Gasteiger partial charge on any atom is 0.274 e. The van der Waals surface area contributed by atoms with Crippen LogP contribution in [0.15, 0.2) is 72.9 Å². The number of carbonyl (C=O) groups excluding carboxylic acids is 1. The monoisotopic (exact) mass is 385 g/mol. The molecule has 0 bridgehead atoms. The minimum absolute atomic E-state index is 0.147. The first-order chi connectivity index (χ1) is 14.2. The highest BCUT2D eigenvalue weighted by molar-refractivity contribution is 5.92. The quantitative estimate of drug-likeness (QED) is 0.506. The SMILES string of the molecule is CN(Cc1ccccc1)C(=O)c1ccc(NCCc2c[nH]c3ccccc23)nn1. The van der Waals surface area contributed by atoms with E-state index < -0.39 is 0 Å². The molecule has 2 N–H and O–H groups in total. The molecule has 6 nitrogen and oxygen atoms in total. The van der Waals surface area contributed by atoms with E-state index in [0.717, 1.165) is 24.0 Å². The largest absolute Gasteiger partial charge is 0.368 e. The van der Waals surface area contributed by atoms with Crippen molar-refractivity contribution < 1.29 is 4.79 Å². The third-order valence-electron chi connectivity index (χ3n) is 4.87. The van der Waals surface area contributed by atoms with E-state index >= 15 is 0 Å². The van der Waals surface area contributed by atoms with Gasteiger partial charge in [-0.25, -0.2) is 0 Å². The smallest absolute Gasteiger partial charge is 0.274 e. The Labute approximate surface area is 169 Å². The zero-order chi connectivity index (χ0) is 20.1. The topological polar surface area (TPSA) is 73.9 Å². The number of para-hydroxylation sites is 1. The lowest BCUT2D eigenvalue weighted by atomic mass is 10.1. The van der Waals surface area contributed by atoms with E-state index in [2.05, 4.69) is 32.6 Å². The summed E-state index contributed by atoms with van der Waals surface area (Å²) < 4.78 is 0. The molecule has 4 aromatic rings. The molecule has 0 fully saturated rings. The zero-order valence-electron chi connectivity index (χ0n) is 16.3. The number of fused-ring (bicyclic) bond motifs is 1. The van der Waals surface area contributed by atoms with E-state index in [1.54, 1.807) is 24.1 Å². The molecule has 0 saturated carbocycles.